The zero-order chi connectivity index (χ0) is 11.5. The quantitative estimate of drug-likeness (QED) is 0.826. The van der Waals surface area contributed by atoms with Crippen LogP contribution in [-0.2, 0) is 11.2 Å². The Bertz CT molecular complexity index is 363. The number of hydrogen-bond donors (Lipinski definition) is 1. The third-order valence-corrected chi connectivity index (χ3v) is 1.67. The molecular formula is C9H9F3N2O. The van der Waals surface area contributed by atoms with Gasteiger partial charge in [0.2, 0.25) is 0 Å². The van der Waals surface area contributed by atoms with Gasteiger partial charge in [-0.3, -0.25) is 4.79 Å². The molecule has 0 aliphatic rings. The van der Waals surface area contributed by atoms with Crippen molar-refractivity contribution >= 4 is 11.7 Å². The maximum atomic E-state index is 11.9. The molecule has 3 nitrogen and oxygen atoms in total. The van der Waals surface area contributed by atoms with Gasteiger partial charge in [0, 0.05) is 5.69 Å². The second-order valence-corrected chi connectivity index (χ2v) is 2.82. The summed E-state index contributed by atoms with van der Waals surface area (Å²) in [6, 6.07) is 4.52. The summed E-state index contributed by atoms with van der Waals surface area (Å²) in [6.45, 7) is 1.82. The van der Waals surface area contributed by atoms with Gasteiger partial charge in [-0.25, -0.2) is 4.98 Å². The van der Waals surface area contributed by atoms with Crippen LogP contribution in [-0.4, -0.2) is 17.1 Å². The highest BCUT2D eigenvalue weighted by molar-refractivity contribution is 5.94. The van der Waals surface area contributed by atoms with Crippen LogP contribution in [0.5, 0.6) is 0 Å². The zero-order valence-corrected chi connectivity index (χ0v) is 7.93. The van der Waals surface area contributed by atoms with Crippen molar-refractivity contribution in [3.8, 4) is 0 Å². The van der Waals surface area contributed by atoms with Gasteiger partial charge in [0.05, 0.1) is 0 Å². The summed E-state index contributed by atoms with van der Waals surface area (Å²) >= 11 is 0. The third-order valence-electron chi connectivity index (χ3n) is 1.67. The van der Waals surface area contributed by atoms with Crippen LogP contribution in [0.4, 0.5) is 19.0 Å². The second-order valence-electron chi connectivity index (χ2n) is 2.82. The van der Waals surface area contributed by atoms with E-state index in [2.05, 4.69) is 4.98 Å². The number of aryl methyl sites for hydroxylation is 1. The zero-order valence-electron chi connectivity index (χ0n) is 7.93. The van der Waals surface area contributed by atoms with Gasteiger partial charge in [-0.2, -0.15) is 13.2 Å². The lowest BCUT2D eigenvalue weighted by atomic mass is 10.3. The number of amides is 1. The maximum Gasteiger partial charge on any atom is 0.471 e. The molecule has 1 rings (SSSR count). The number of carbonyl (C=O) groups is 1. The number of rotatable bonds is 2. The summed E-state index contributed by atoms with van der Waals surface area (Å²) in [4.78, 5) is 14.4. The molecule has 0 atom stereocenters. The van der Waals surface area contributed by atoms with E-state index in [0.717, 1.165) is 0 Å². The predicted octanol–water partition coefficient (Wildman–Crippen LogP) is 2.14. The molecule has 0 spiro atoms. The van der Waals surface area contributed by atoms with Crippen LogP contribution in [0.15, 0.2) is 18.2 Å². The SMILES string of the molecule is CCc1cccc(NC(=O)C(F)(F)F)n1. The Morgan fingerprint density at radius 1 is 1.47 bits per heavy atom. The highest BCUT2D eigenvalue weighted by Crippen LogP contribution is 2.17. The molecule has 0 bridgehead atoms. The molecule has 1 amide bonds. The van der Waals surface area contributed by atoms with Crippen LogP contribution >= 0.6 is 0 Å². The minimum absolute atomic E-state index is 0.0864. The summed E-state index contributed by atoms with van der Waals surface area (Å²) in [5.74, 6) is -2.10. The molecule has 1 N–H and O–H groups in total. The van der Waals surface area contributed by atoms with E-state index in [9.17, 15) is 18.0 Å². The summed E-state index contributed by atoms with van der Waals surface area (Å²) in [6.07, 6.45) is -4.29. The van der Waals surface area contributed by atoms with Crippen molar-refractivity contribution in [2.24, 2.45) is 0 Å². The van der Waals surface area contributed by atoms with Crippen LogP contribution in [0.25, 0.3) is 0 Å². The molecule has 0 aliphatic carbocycles. The van der Waals surface area contributed by atoms with Gasteiger partial charge < -0.3 is 5.32 Å². The van der Waals surface area contributed by atoms with E-state index in [0.29, 0.717) is 12.1 Å². The Balaban J connectivity index is 2.77. The van der Waals surface area contributed by atoms with E-state index in [4.69, 9.17) is 0 Å². The van der Waals surface area contributed by atoms with Gasteiger partial charge in [-0.15, -0.1) is 0 Å². The Morgan fingerprint density at radius 3 is 2.67 bits per heavy atom. The Kier molecular flexibility index (Phi) is 3.28. The van der Waals surface area contributed by atoms with E-state index in [1.54, 1.807) is 11.4 Å². The molecule has 0 fully saturated rings. The van der Waals surface area contributed by atoms with Gasteiger partial charge in [-0.1, -0.05) is 13.0 Å². The maximum absolute atomic E-state index is 11.9. The van der Waals surface area contributed by atoms with Crippen molar-refractivity contribution < 1.29 is 18.0 Å². The monoisotopic (exact) mass is 218 g/mol. The van der Waals surface area contributed by atoms with Crippen LogP contribution in [0, 0.1) is 0 Å². The average molecular weight is 218 g/mol. The first-order valence-electron chi connectivity index (χ1n) is 4.27. The number of pyridine rings is 1. The van der Waals surface area contributed by atoms with Gasteiger partial charge in [0.1, 0.15) is 5.82 Å². The number of nitrogens with zero attached hydrogens (tertiary/aromatic N) is 1. The summed E-state index contributed by atoms with van der Waals surface area (Å²) in [7, 11) is 0. The lowest BCUT2D eigenvalue weighted by Crippen LogP contribution is -2.30. The molecule has 0 radical (unpaired) electrons. The number of carbonyl (C=O) groups excluding carboxylic acids is 1. The first-order valence-corrected chi connectivity index (χ1v) is 4.27. The molecular weight excluding hydrogens is 209 g/mol. The summed E-state index contributed by atoms with van der Waals surface area (Å²) < 4.78 is 35.6. The molecule has 0 saturated heterocycles. The Morgan fingerprint density at radius 2 is 2.13 bits per heavy atom. The van der Waals surface area contributed by atoms with Crippen molar-refractivity contribution in [3.05, 3.63) is 23.9 Å². The minimum Gasteiger partial charge on any atom is -0.303 e. The van der Waals surface area contributed by atoms with Gasteiger partial charge in [0.15, 0.2) is 0 Å². The lowest BCUT2D eigenvalue weighted by molar-refractivity contribution is -0.167. The number of halogens is 3. The molecule has 0 saturated carbocycles. The highest BCUT2D eigenvalue weighted by atomic mass is 19.4. The molecule has 0 aliphatic heterocycles. The standard InChI is InChI=1S/C9H9F3N2O/c1-2-6-4-3-5-7(13-6)14-8(15)9(10,11)12/h3-5H,2H2,1H3,(H,13,14,15). The molecule has 1 heterocycles. The molecule has 15 heavy (non-hydrogen) atoms. The number of hydrogen-bond acceptors (Lipinski definition) is 2. The third kappa shape index (κ3) is 3.23. The smallest absolute Gasteiger partial charge is 0.303 e. The van der Waals surface area contributed by atoms with Crippen molar-refractivity contribution in [1.82, 2.24) is 4.98 Å². The van der Waals surface area contributed by atoms with Gasteiger partial charge in [0.25, 0.3) is 0 Å². The van der Waals surface area contributed by atoms with Crippen LogP contribution in [0.1, 0.15) is 12.6 Å². The topological polar surface area (TPSA) is 42.0 Å². The first kappa shape index (κ1) is 11.5. The molecule has 82 valence electrons. The minimum atomic E-state index is -4.89. The van der Waals surface area contributed by atoms with E-state index in [-0.39, 0.29) is 5.82 Å². The van der Waals surface area contributed by atoms with Crippen molar-refractivity contribution in [2.45, 2.75) is 19.5 Å². The Labute approximate surface area is 84.3 Å². The number of nitrogens with one attached hydrogen (secondary N) is 1. The van der Waals surface area contributed by atoms with Gasteiger partial charge >= 0.3 is 12.1 Å². The Hall–Kier alpha value is -1.59. The summed E-state index contributed by atoms with van der Waals surface area (Å²) in [5, 5.41) is 1.68. The molecule has 0 unspecified atom stereocenters. The molecule has 6 heteroatoms. The van der Waals surface area contributed by atoms with Crippen LogP contribution in [0.3, 0.4) is 0 Å². The van der Waals surface area contributed by atoms with E-state index in [1.807, 2.05) is 6.92 Å². The average Bonchev–Trinajstić information content (AvgIpc) is 2.16. The van der Waals surface area contributed by atoms with Crippen molar-refractivity contribution in [1.29, 1.82) is 0 Å². The van der Waals surface area contributed by atoms with Crippen molar-refractivity contribution in [3.63, 3.8) is 0 Å². The lowest BCUT2D eigenvalue weighted by Gasteiger charge is -2.07. The van der Waals surface area contributed by atoms with E-state index >= 15 is 0 Å². The molecule has 1 aromatic rings. The largest absolute Gasteiger partial charge is 0.471 e. The number of anilines is 1. The van der Waals surface area contributed by atoms with Crippen LogP contribution < -0.4 is 5.32 Å². The highest BCUT2D eigenvalue weighted by Gasteiger charge is 2.38. The molecule has 0 aromatic carbocycles. The first-order chi connectivity index (χ1) is 6.93. The fraction of sp³-hybridized carbons (Fsp3) is 0.333. The predicted molar refractivity (Wildman–Crippen MR) is 48.3 cm³/mol. The number of aromatic nitrogens is 1. The van der Waals surface area contributed by atoms with E-state index < -0.39 is 12.1 Å². The number of alkyl halides is 3. The van der Waals surface area contributed by atoms with Crippen LogP contribution in [0.2, 0.25) is 0 Å². The second kappa shape index (κ2) is 4.29. The fourth-order valence-electron chi connectivity index (χ4n) is 0.933. The van der Waals surface area contributed by atoms with Gasteiger partial charge in [-0.05, 0) is 18.6 Å². The van der Waals surface area contributed by atoms with Crippen molar-refractivity contribution in [2.75, 3.05) is 5.32 Å². The normalized spacial score (nSPS) is 11.2. The molecule has 1 aromatic heterocycles. The van der Waals surface area contributed by atoms with E-state index in [1.165, 1.54) is 12.1 Å². The fourth-order valence-corrected chi connectivity index (χ4v) is 0.933. The summed E-state index contributed by atoms with van der Waals surface area (Å²) in [5.41, 5.74) is 0.620.